The molecule has 1 fully saturated rings. The van der Waals surface area contributed by atoms with Crippen LogP contribution >= 0.6 is 0 Å². The van der Waals surface area contributed by atoms with Gasteiger partial charge in [-0.3, -0.25) is 9.69 Å². The molecule has 1 aromatic rings. The smallest absolute Gasteiger partial charge is 0.493 e. The van der Waals surface area contributed by atoms with Gasteiger partial charge < -0.3 is 23.7 Å². The van der Waals surface area contributed by atoms with Crippen LogP contribution in [0.3, 0.4) is 0 Å². The summed E-state index contributed by atoms with van der Waals surface area (Å²) in [6.07, 6.45) is 1.70. The van der Waals surface area contributed by atoms with Crippen molar-refractivity contribution in [3.63, 3.8) is 0 Å². The lowest BCUT2D eigenvalue weighted by atomic mass is 9.79. The lowest BCUT2D eigenvalue weighted by molar-refractivity contribution is -0.154. The number of piperidine rings is 1. The molecule has 8 nitrogen and oxygen atoms in total. The van der Waals surface area contributed by atoms with Crippen LogP contribution in [0.1, 0.15) is 57.2 Å². The van der Waals surface area contributed by atoms with Gasteiger partial charge in [0, 0.05) is 37.9 Å². The molecule has 0 radical (unpaired) electrons. The van der Waals surface area contributed by atoms with Crippen LogP contribution in [0.2, 0.25) is 0 Å². The van der Waals surface area contributed by atoms with Crippen LogP contribution in [0.4, 0.5) is 4.79 Å². The molecule has 2 heterocycles. The third kappa shape index (κ3) is 5.65. The van der Waals surface area contributed by atoms with Crippen LogP contribution in [0.25, 0.3) is 0 Å². The quantitative estimate of drug-likeness (QED) is 0.433. The molecule has 2 aliphatic heterocycles. The van der Waals surface area contributed by atoms with Gasteiger partial charge in [-0.05, 0) is 42.0 Å². The van der Waals surface area contributed by atoms with Crippen LogP contribution in [0.5, 0.6) is 11.5 Å². The maximum absolute atomic E-state index is 12.3. The van der Waals surface area contributed by atoms with E-state index in [1.165, 1.54) is 11.1 Å². The van der Waals surface area contributed by atoms with Gasteiger partial charge in [0.05, 0.1) is 14.2 Å². The number of hydrogen-bond donors (Lipinski definition) is 0. The molecular weight excluding hydrogens is 414 g/mol. The van der Waals surface area contributed by atoms with E-state index in [2.05, 4.69) is 24.8 Å². The molecule has 3 rings (SSSR count). The molecule has 0 bridgehead atoms. The number of esters is 1. The minimum atomic E-state index is -0.801. The van der Waals surface area contributed by atoms with Gasteiger partial charge in [0.2, 0.25) is 6.79 Å². The lowest BCUT2D eigenvalue weighted by Gasteiger charge is -2.47. The predicted octanol–water partition coefficient (Wildman–Crippen LogP) is 4.10. The standard InChI is InChI=1S/C24H35NO7/c1-6-23(26)30-14-31-24(27)32-20-12-19-18-11-22(29-5)21(28-4)10-16(18)7-8-25(19)13-17(20)9-15(2)3/h10-11,15,17,19-20H,6-9,12-14H2,1-5H3/t17-,19-,20-/m1/s1. The van der Waals surface area contributed by atoms with E-state index < -0.39 is 18.9 Å². The number of fused-ring (bicyclic) bond motifs is 3. The highest BCUT2D eigenvalue weighted by atomic mass is 16.8. The molecule has 1 aromatic carbocycles. The van der Waals surface area contributed by atoms with E-state index in [1.807, 2.05) is 6.07 Å². The molecule has 1 saturated heterocycles. The summed E-state index contributed by atoms with van der Waals surface area (Å²) in [6, 6.07) is 4.23. The Labute approximate surface area is 190 Å². The van der Waals surface area contributed by atoms with Gasteiger partial charge in [-0.1, -0.05) is 20.8 Å². The molecule has 0 aromatic heterocycles. The Balaban J connectivity index is 1.76. The summed E-state index contributed by atoms with van der Waals surface area (Å²) in [6.45, 7) is 7.40. The second-order valence-electron chi connectivity index (χ2n) is 8.83. The summed E-state index contributed by atoms with van der Waals surface area (Å²) in [5, 5.41) is 0. The first-order chi connectivity index (χ1) is 15.4. The van der Waals surface area contributed by atoms with Gasteiger partial charge in [0.15, 0.2) is 11.5 Å². The van der Waals surface area contributed by atoms with E-state index in [0.29, 0.717) is 18.1 Å². The van der Waals surface area contributed by atoms with E-state index in [9.17, 15) is 9.59 Å². The van der Waals surface area contributed by atoms with Crippen molar-refractivity contribution in [3.8, 4) is 11.5 Å². The van der Waals surface area contributed by atoms with Crippen LogP contribution < -0.4 is 9.47 Å². The van der Waals surface area contributed by atoms with Gasteiger partial charge in [-0.2, -0.15) is 0 Å². The zero-order valence-corrected chi connectivity index (χ0v) is 19.7. The minimum absolute atomic E-state index is 0.123. The highest BCUT2D eigenvalue weighted by molar-refractivity contribution is 5.69. The molecule has 8 heteroatoms. The first kappa shape index (κ1) is 24.2. The first-order valence-electron chi connectivity index (χ1n) is 11.3. The average Bonchev–Trinajstić information content (AvgIpc) is 2.77. The summed E-state index contributed by atoms with van der Waals surface area (Å²) < 4.78 is 26.6. The van der Waals surface area contributed by atoms with Crippen LogP contribution in [0.15, 0.2) is 12.1 Å². The Morgan fingerprint density at radius 2 is 1.84 bits per heavy atom. The maximum Gasteiger partial charge on any atom is 0.511 e. The number of ether oxygens (including phenoxy) is 5. The number of methoxy groups -OCH3 is 2. The summed E-state index contributed by atoms with van der Waals surface area (Å²) in [7, 11) is 3.28. The molecule has 0 spiro atoms. The van der Waals surface area contributed by atoms with E-state index in [1.54, 1.807) is 21.1 Å². The number of rotatable bonds is 8. The monoisotopic (exact) mass is 449 g/mol. The van der Waals surface area contributed by atoms with E-state index in [4.69, 9.17) is 23.7 Å². The van der Waals surface area contributed by atoms with Crippen molar-refractivity contribution < 1.29 is 33.3 Å². The highest BCUT2D eigenvalue weighted by Gasteiger charge is 2.41. The van der Waals surface area contributed by atoms with Crippen molar-refractivity contribution in [3.05, 3.63) is 23.3 Å². The molecule has 0 N–H and O–H groups in total. The SMILES string of the molecule is CCC(=O)OCOC(=O)O[C@@H]1C[C@@H]2c3cc(OC)c(OC)cc3CCN2C[C@H]1CC(C)C. The Bertz CT molecular complexity index is 810. The minimum Gasteiger partial charge on any atom is -0.493 e. The van der Waals surface area contributed by atoms with E-state index >= 15 is 0 Å². The van der Waals surface area contributed by atoms with Crippen molar-refractivity contribution in [1.82, 2.24) is 4.90 Å². The van der Waals surface area contributed by atoms with Crippen molar-refractivity contribution in [2.24, 2.45) is 11.8 Å². The maximum atomic E-state index is 12.3. The van der Waals surface area contributed by atoms with Crippen molar-refractivity contribution in [2.45, 2.75) is 58.6 Å². The molecule has 0 amide bonds. The highest BCUT2D eigenvalue weighted by Crippen LogP contribution is 2.44. The second kappa shape index (κ2) is 10.9. The Hall–Kier alpha value is -2.48. The largest absolute Gasteiger partial charge is 0.511 e. The summed E-state index contributed by atoms with van der Waals surface area (Å²) in [5.41, 5.74) is 2.43. The number of carbonyl (C=O) groups is 2. The third-order valence-corrected chi connectivity index (χ3v) is 6.27. The summed E-state index contributed by atoms with van der Waals surface area (Å²) in [4.78, 5) is 26.0. The van der Waals surface area contributed by atoms with Gasteiger partial charge in [-0.15, -0.1) is 0 Å². The zero-order chi connectivity index (χ0) is 23.3. The van der Waals surface area contributed by atoms with Gasteiger partial charge in [-0.25, -0.2) is 4.79 Å². The Kier molecular flexibility index (Phi) is 8.23. The molecular formula is C24H35NO7. The number of hydrogen-bond acceptors (Lipinski definition) is 8. The van der Waals surface area contributed by atoms with Crippen molar-refractivity contribution >= 4 is 12.1 Å². The number of carbonyl (C=O) groups excluding carboxylic acids is 2. The van der Waals surface area contributed by atoms with Gasteiger partial charge in [0.1, 0.15) is 6.10 Å². The summed E-state index contributed by atoms with van der Waals surface area (Å²) in [5.74, 6) is 1.69. The Morgan fingerprint density at radius 1 is 1.12 bits per heavy atom. The fourth-order valence-corrected chi connectivity index (χ4v) is 4.79. The lowest BCUT2D eigenvalue weighted by Crippen LogP contribution is -2.49. The second-order valence-corrected chi connectivity index (χ2v) is 8.83. The normalized spacial score (nSPS) is 22.5. The zero-order valence-electron chi connectivity index (χ0n) is 19.7. The third-order valence-electron chi connectivity index (χ3n) is 6.27. The fraction of sp³-hybridized carbons (Fsp3) is 0.667. The van der Waals surface area contributed by atoms with E-state index in [0.717, 1.165) is 31.7 Å². The van der Waals surface area contributed by atoms with Crippen LogP contribution in [0, 0.1) is 11.8 Å². The molecule has 0 aliphatic carbocycles. The molecule has 178 valence electrons. The molecule has 2 aliphatic rings. The number of benzene rings is 1. The van der Waals surface area contributed by atoms with E-state index in [-0.39, 0.29) is 24.5 Å². The van der Waals surface area contributed by atoms with Crippen LogP contribution in [-0.4, -0.2) is 57.2 Å². The average molecular weight is 450 g/mol. The molecule has 0 unspecified atom stereocenters. The molecule has 0 saturated carbocycles. The molecule has 32 heavy (non-hydrogen) atoms. The fourth-order valence-electron chi connectivity index (χ4n) is 4.79. The first-order valence-corrected chi connectivity index (χ1v) is 11.3. The predicted molar refractivity (Wildman–Crippen MR) is 118 cm³/mol. The van der Waals surface area contributed by atoms with Gasteiger partial charge >= 0.3 is 12.1 Å². The van der Waals surface area contributed by atoms with Gasteiger partial charge in [0.25, 0.3) is 0 Å². The Morgan fingerprint density at radius 3 is 2.50 bits per heavy atom. The van der Waals surface area contributed by atoms with Crippen LogP contribution in [-0.2, 0) is 25.4 Å². The summed E-state index contributed by atoms with van der Waals surface area (Å²) >= 11 is 0. The van der Waals surface area contributed by atoms with Crippen molar-refractivity contribution in [1.29, 1.82) is 0 Å². The molecule has 3 atom stereocenters. The topological polar surface area (TPSA) is 83.5 Å². The number of nitrogens with zero attached hydrogens (tertiary/aromatic N) is 1. The van der Waals surface area contributed by atoms with Crippen molar-refractivity contribution in [2.75, 3.05) is 34.1 Å².